The second-order valence-electron chi connectivity index (χ2n) is 5.91. The Morgan fingerprint density at radius 2 is 2.00 bits per heavy atom. The van der Waals surface area contributed by atoms with E-state index in [1.165, 1.54) is 6.92 Å². The molecule has 0 aliphatic carbocycles. The molecule has 0 unspecified atom stereocenters. The highest BCUT2D eigenvalue weighted by molar-refractivity contribution is 9.10. The van der Waals surface area contributed by atoms with Gasteiger partial charge in [0.1, 0.15) is 12.2 Å². The Bertz CT molecular complexity index is 1020. The third-order valence-corrected chi connectivity index (χ3v) is 5.34. The molecule has 1 amide bonds. The van der Waals surface area contributed by atoms with Gasteiger partial charge in [0.15, 0.2) is 5.82 Å². The first-order chi connectivity index (χ1) is 13.3. The number of hydrogen-bond donors (Lipinski definition) is 1. The van der Waals surface area contributed by atoms with Crippen molar-refractivity contribution in [1.29, 1.82) is 0 Å². The summed E-state index contributed by atoms with van der Waals surface area (Å²) >= 11 is 15.3. The summed E-state index contributed by atoms with van der Waals surface area (Å²) in [5.74, 6) is -0.186. The van der Waals surface area contributed by atoms with E-state index in [4.69, 9.17) is 23.2 Å². The molecule has 28 heavy (non-hydrogen) atoms. The van der Waals surface area contributed by atoms with Crippen molar-refractivity contribution in [1.82, 2.24) is 19.6 Å². The van der Waals surface area contributed by atoms with Gasteiger partial charge < -0.3 is 5.32 Å². The molecule has 0 atom stereocenters. The van der Waals surface area contributed by atoms with Crippen LogP contribution in [-0.4, -0.2) is 25.5 Å². The molecule has 0 fully saturated rings. The largest absolute Gasteiger partial charge is 0.307 e. The van der Waals surface area contributed by atoms with Crippen molar-refractivity contribution in [2.45, 2.75) is 26.4 Å². The first kappa shape index (κ1) is 20.8. The standard InChI is InChI=1S/C17H14BrCl2F2N5O/c1-9-14(20)15(16(21)22)24-27(9)8-13(28)23-17-11(18)7-26(25-17)6-10-4-2-3-5-12(10)19/h2-5,7,16H,6,8H2,1H3,(H,23,25,28). The van der Waals surface area contributed by atoms with Gasteiger partial charge in [-0.25, -0.2) is 8.78 Å². The molecular weight excluding hydrogens is 479 g/mol. The summed E-state index contributed by atoms with van der Waals surface area (Å²) in [5, 5.41) is 11.1. The lowest BCUT2D eigenvalue weighted by atomic mass is 10.2. The van der Waals surface area contributed by atoms with E-state index in [0.717, 1.165) is 10.2 Å². The van der Waals surface area contributed by atoms with Crippen LogP contribution in [0.25, 0.3) is 0 Å². The Kier molecular flexibility index (Phi) is 6.36. The van der Waals surface area contributed by atoms with Crippen molar-refractivity contribution in [3.05, 3.63) is 61.9 Å². The maximum atomic E-state index is 12.9. The topological polar surface area (TPSA) is 64.7 Å². The maximum Gasteiger partial charge on any atom is 0.283 e. The quantitative estimate of drug-likeness (QED) is 0.521. The van der Waals surface area contributed by atoms with Gasteiger partial charge in [-0.05, 0) is 34.5 Å². The van der Waals surface area contributed by atoms with E-state index < -0.39 is 18.0 Å². The molecule has 2 heterocycles. The monoisotopic (exact) mass is 491 g/mol. The third kappa shape index (κ3) is 4.53. The predicted molar refractivity (Wildman–Crippen MR) is 106 cm³/mol. The lowest BCUT2D eigenvalue weighted by Crippen LogP contribution is -2.21. The van der Waals surface area contributed by atoms with Crippen LogP contribution in [0.15, 0.2) is 34.9 Å². The fourth-order valence-corrected chi connectivity index (χ4v) is 3.34. The van der Waals surface area contributed by atoms with Crippen LogP contribution in [0.2, 0.25) is 10.0 Å². The van der Waals surface area contributed by atoms with Gasteiger partial charge in [0.05, 0.1) is 21.7 Å². The summed E-state index contributed by atoms with van der Waals surface area (Å²) in [4.78, 5) is 12.3. The molecule has 11 heteroatoms. The van der Waals surface area contributed by atoms with Gasteiger partial charge >= 0.3 is 0 Å². The minimum Gasteiger partial charge on any atom is -0.307 e. The minimum absolute atomic E-state index is 0.145. The second kappa shape index (κ2) is 8.59. The summed E-state index contributed by atoms with van der Waals surface area (Å²) in [7, 11) is 0. The van der Waals surface area contributed by atoms with Crippen LogP contribution in [0.3, 0.4) is 0 Å². The molecule has 1 aromatic carbocycles. The van der Waals surface area contributed by atoms with E-state index in [2.05, 4.69) is 31.4 Å². The predicted octanol–water partition coefficient (Wildman–Crippen LogP) is 5.08. The molecule has 3 rings (SSSR count). The second-order valence-corrected chi connectivity index (χ2v) is 7.55. The SMILES string of the molecule is Cc1c(Cl)c(C(F)F)nn1CC(=O)Nc1nn(Cc2ccccc2Cl)cc1Br. The number of halogens is 5. The summed E-state index contributed by atoms with van der Waals surface area (Å²) in [6, 6.07) is 7.36. The van der Waals surface area contributed by atoms with E-state index in [0.29, 0.717) is 21.9 Å². The Labute approximate surface area is 177 Å². The van der Waals surface area contributed by atoms with Crippen LogP contribution in [0, 0.1) is 6.92 Å². The Hall–Kier alpha value is -1.97. The number of anilines is 1. The van der Waals surface area contributed by atoms with Crippen LogP contribution < -0.4 is 5.32 Å². The lowest BCUT2D eigenvalue weighted by molar-refractivity contribution is -0.117. The maximum absolute atomic E-state index is 12.9. The van der Waals surface area contributed by atoms with Crippen molar-refractivity contribution < 1.29 is 13.6 Å². The van der Waals surface area contributed by atoms with Crippen molar-refractivity contribution in [2.75, 3.05) is 5.32 Å². The van der Waals surface area contributed by atoms with Crippen LogP contribution in [0.4, 0.5) is 14.6 Å². The van der Waals surface area contributed by atoms with Crippen LogP contribution in [-0.2, 0) is 17.9 Å². The Balaban J connectivity index is 1.71. The van der Waals surface area contributed by atoms with Crippen molar-refractivity contribution in [3.63, 3.8) is 0 Å². The fourth-order valence-electron chi connectivity index (χ4n) is 2.51. The first-order valence-electron chi connectivity index (χ1n) is 8.03. The molecule has 0 saturated carbocycles. The molecule has 0 aliphatic heterocycles. The number of hydrogen-bond acceptors (Lipinski definition) is 3. The first-order valence-corrected chi connectivity index (χ1v) is 9.58. The molecule has 0 bridgehead atoms. The van der Waals surface area contributed by atoms with E-state index in [1.54, 1.807) is 16.9 Å². The van der Waals surface area contributed by atoms with E-state index >= 15 is 0 Å². The van der Waals surface area contributed by atoms with Crippen LogP contribution in [0.5, 0.6) is 0 Å². The molecule has 1 N–H and O–H groups in total. The fraction of sp³-hybridized carbons (Fsp3) is 0.235. The summed E-state index contributed by atoms with van der Waals surface area (Å²) in [6.45, 7) is 1.66. The molecule has 3 aromatic rings. The number of carbonyl (C=O) groups excluding carboxylic acids is 1. The number of alkyl halides is 2. The van der Waals surface area contributed by atoms with Gasteiger partial charge in [-0.1, -0.05) is 41.4 Å². The average Bonchev–Trinajstić information content (AvgIpc) is 3.11. The van der Waals surface area contributed by atoms with Crippen LogP contribution in [0.1, 0.15) is 23.4 Å². The third-order valence-electron chi connectivity index (χ3n) is 3.92. The number of benzene rings is 1. The average molecular weight is 493 g/mol. The van der Waals surface area contributed by atoms with Crippen molar-refractivity contribution >= 4 is 50.9 Å². The molecule has 0 aliphatic rings. The van der Waals surface area contributed by atoms with E-state index in [9.17, 15) is 13.6 Å². The minimum atomic E-state index is -2.81. The van der Waals surface area contributed by atoms with E-state index in [1.807, 2.05) is 18.2 Å². The molecule has 0 spiro atoms. The Morgan fingerprint density at radius 3 is 2.64 bits per heavy atom. The number of rotatable bonds is 6. The number of amides is 1. The molecule has 6 nitrogen and oxygen atoms in total. The van der Waals surface area contributed by atoms with Gasteiger partial charge in [-0.3, -0.25) is 14.2 Å². The zero-order chi connectivity index (χ0) is 20.4. The van der Waals surface area contributed by atoms with Gasteiger partial charge in [-0.2, -0.15) is 10.2 Å². The Morgan fingerprint density at radius 1 is 1.29 bits per heavy atom. The number of carbonyl (C=O) groups is 1. The zero-order valence-corrected chi connectivity index (χ0v) is 17.6. The molecule has 0 radical (unpaired) electrons. The van der Waals surface area contributed by atoms with E-state index in [-0.39, 0.29) is 17.3 Å². The highest BCUT2D eigenvalue weighted by Crippen LogP contribution is 2.28. The smallest absolute Gasteiger partial charge is 0.283 e. The number of nitrogens with zero attached hydrogens (tertiary/aromatic N) is 4. The van der Waals surface area contributed by atoms with Gasteiger partial charge in [0, 0.05) is 11.2 Å². The van der Waals surface area contributed by atoms with Gasteiger partial charge in [-0.15, -0.1) is 0 Å². The van der Waals surface area contributed by atoms with Gasteiger partial charge in [0.25, 0.3) is 6.43 Å². The summed E-state index contributed by atoms with van der Waals surface area (Å²) < 4.78 is 29.1. The highest BCUT2D eigenvalue weighted by Gasteiger charge is 2.22. The zero-order valence-electron chi connectivity index (χ0n) is 14.5. The summed E-state index contributed by atoms with van der Waals surface area (Å²) in [6.07, 6.45) is -1.12. The highest BCUT2D eigenvalue weighted by atomic mass is 79.9. The summed E-state index contributed by atoms with van der Waals surface area (Å²) in [5.41, 5.74) is 0.617. The number of nitrogens with one attached hydrogen (secondary N) is 1. The molecule has 0 saturated heterocycles. The molecule has 148 valence electrons. The van der Waals surface area contributed by atoms with Crippen molar-refractivity contribution in [3.8, 4) is 0 Å². The lowest BCUT2D eigenvalue weighted by Gasteiger charge is -2.06. The normalized spacial score (nSPS) is 11.2. The van der Waals surface area contributed by atoms with Gasteiger partial charge in [0.2, 0.25) is 5.91 Å². The number of aromatic nitrogens is 4. The molecular formula is C17H14BrCl2F2N5O. The van der Waals surface area contributed by atoms with Crippen molar-refractivity contribution in [2.24, 2.45) is 0 Å². The van der Waals surface area contributed by atoms with Crippen LogP contribution >= 0.6 is 39.1 Å². The molecule has 2 aromatic heterocycles.